The van der Waals surface area contributed by atoms with E-state index in [2.05, 4.69) is 56.5 Å². The third kappa shape index (κ3) is 2.35. The third-order valence-electron chi connectivity index (χ3n) is 4.36. The van der Waals surface area contributed by atoms with Crippen molar-refractivity contribution in [3.8, 4) is 0 Å². The van der Waals surface area contributed by atoms with Crippen LogP contribution in [0.4, 0.5) is 0 Å². The topological polar surface area (TPSA) is 12.0 Å². The Morgan fingerprint density at radius 2 is 2.11 bits per heavy atom. The number of benzene rings is 1. The van der Waals surface area contributed by atoms with E-state index in [4.69, 9.17) is 0 Å². The molecule has 0 saturated heterocycles. The highest BCUT2D eigenvalue weighted by Crippen LogP contribution is 2.41. The van der Waals surface area contributed by atoms with Crippen molar-refractivity contribution in [1.29, 1.82) is 0 Å². The summed E-state index contributed by atoms with van der Waals surface area (Å²) in [6, 6.07) is 11.7. The van der Waals surface area contributed by atoms with Gasteiger partial charge in [-0.1, -0.05) is 24.3 Å². The van der Waals surface area contributed by atoms with Crippen LogP contribution < -0.4 is 5.32 Å². The molecule has 0 saturated carbocycles. The lowest BCUT2D eigenvalue weighted by molar-refractivity contribution is 0.457. The van der Waals surface area contributed by atoms with E-state index in [1.165, 1.54) is 28.2 Å². The summed E-state index contributed by atoms with van der Waals surface area (Å²) in [5.74, 6) is 0.733. The van der Waals surface area contributed by atoms with Crippen LogP contribution in [-0.4, -0.2) is 7.05 Å². The van der Waals surface area contributed by atoms with Gasteiger partial charge in [0.2, 0.25) is 0 Å². The predicted octanol–water partition coefficient (Wildman–Crippen LogP) is 4.36. The van der Waals surface area contributed by atoms with Crippen LogP contribution in [0.5, 0.6) is 0 Å². The highest BCUT2D eigenvalue weighted by molar-refractivity contribution is 7.12. The number of aryl methyl sites for hydroxylation is 2. The van der Waals surface area contributed by atoms with Crippen molar-refractivity contribution in [2.45, 2.75) is 38.6 Å². The van der Waals surface area contributed by atoms with Crippen molar-refractivity contribution >= 4 is 11.3 Å². The standard InChI is InChI=1S/C17H21NS/c1-11-8-17(19-12(11)2)16(18-3)10-14-9-13-6-4-5-7-15(13)14/h4-8,14,16,18H,9-10H2,1-3H3. The maximum absolute atomic E-state index is 3.50. The molecular formula is C17H21NS. The summed E-state index contributed by atoms with van der Waals surface area (Å²) in [5, 5.41) is 3.50. The van der Waals surface area contributed by atoms with Crippen molar-refractivity contribution in [3.63, 3.8) is 0 Å². The molecule has 1 heterocycles. The van der Waals surface area contributed by atoms with E-state index in [9.17, 15) is 0 Å². The van der Waals surface area contributed by atoms with Gasteiger partial charge in [0.25, 0.3) is 0 Å². The van der Waals surface area contributed by atoms with Crippen LogP contribution in [0, 0.1) is 13.8 Å². The number of fused-ring (bicyclic) bond motifs is 1. The maximum Gasteiger partial charge on any atom is 0.0418 e. The molecule has 2 aromatic rings. The maximum atomic E-state index is 3.50. The van der Waals surface area contributed by atoms with Crippen LogP contribution in [0.1, 0.15) is 44.8 Å². The first-order chi connectivity index (χ1) is 9.19. The largest absolute Gasteiger partial charge is 0.312 e. The van der Waals surface area contributed by atoms with Crippen LogP contribution in [0.15, 0.2) is 30.3 Å². The second-order valence-corrected chi connectivity index (χ2v) is 6.85. The lowest BCUT2D eigenvalue weighted by Crippen LogP contribution is -2.24. The number of nitrogens with one attached hydrogen (secondary N) is 1. The van der Waals surface area contributed by atoms with E-state index < -0.39 is 0 Å². The van der Waals surface area contributed by atoms with E-state index in [0.29, 0.717) is 6.04 Å². The Morgan fingerprint density at radius 1 is 1.32 bits per heavy atom. The van der Waals surface area contributed by atoms with Gasteiger partial charge in [0.15, 0.2) is 0 Å². The van der Waals surface area contributed by atoms with Crippen molar-refractivity contribution in [1.82, 2.24) is 5.32 Å². The molecule has 19 heavy (non-hydrogen) atoms. The monoisotopic (exact) mass is 271 g/mol. The Kier molecular flexibility index (Phi) is 3.46. The molecule has 2 unspecified atom stereocenters. The molecule has 0 amide bonds. The molecule has 0 radical (unpaired) electrons. The minimum Gasteiger partial charge on any atom is -0.312 e. The van der Waals surface area contributed by atoms with Crippen LogP contribution in [-0.2, 0) is 6.42 Å². The fraction of sp³-hybridized carbons (Fsp3) is 0.412. The van der Waals surface area contributed by atoms with Crippen LogP contribution in [0.3, 0.4) is 0 Å². The molecule has 0 aliphatic heterocycles. The second-order valence-electron chi connectivity index (χ2n) is 5.56. The molecule has 1 aliphatic rings. The van der Waals surface area contributed by atoms with Crippen LogP contribution in [0.2, 0.25) is 0 Å². The Balaban J connectivity index is 1.75. The Hall–Kier alpha value is -1.12. The molecule has 1 aromatic carbocycles. The normalized spacial score (nSPS) is 18.8. The SMILES string of the molecule is CNC(CC1Cc2ccccc21)c1cc(C)c(C)s1. The molecule has 1 aromatic heterocycles. The zero-order chi connectivity index (χ0) is 13.4. The fourth-order valence-corrected chi connectivity index (χ4v) is 4.17. The second kappa shape index (κ2) is 5.10. The lowest BCUT2D eigenvalue weighted by Gasteiger charge is -2.32. The predicted molar refractivity (Wildman–Crippen MR) is 83.1 cm³/mol. The van der Waals surface area contributed by atoms with E-state index in [0.717, 1.165) is 5.92 Å². The van der Waals surface area contributed by atoms with Gasteiger partial charge in [-0.15, -0.1) is 11.3 Å². The minimum absolute atomic E-state index is 0.496. The molecule has 1 N–H and O–H groups in total. The van der Waals surface area contributed by atoms with Gasteiger partial charge >= 0.3 is 0 Å². The fourth-order valence-electron chi connectivity index (χ4n) is 3.01. The van der Waals surface area contributed by atoms with Gasteiger partial charge in [-0.2, -0.15) is 0 Å². The quantitative estimate of drug-likeness (QED) is 0.871. The van der Waals surface area contributed by atoms with Gasteiger partial charge in [0.1, 0.15) is 0 Å². The van der Waals surface area contributed by atoms with E-state index in [1.807, 2.05) is 11.3 Å². The molecule has 1 aliphatic carbocycles. The average Bonchev–Trinajstić information content (AvgIpc) is 2.71. The van der Waals surface area contributed by atoms with Crippen molar-refractivity contribution in [2.24, 2.45) is 0 Å². The summed E-state index contributed by atoms with van der Waals surface area (Å²) in [6.45, 7) is 4.43. The Bertz CT molecular complexity index is 565. The minimum atomic E-state index is 0.496. The first-order valence-corrected chi connectivity index (χ1v) is 7.82. The summed E-state index contributed by atoms with van der Waals surface area (Å²) in [6.07, 6.45) is 2.46. The van der Waals surface area contributed by atoms with Crippen molar-refractivity contribution < 1.29 is 0 Å². The Morgan fingerprint density at radius 3 is 2.74 bits per heavy atom. The molecule has 0 fully saturated rings. The average molecular weight is 271 g/mol. The summed E-state index contributed by atoms with van der Waals surface area (Å²) >= 11 is 1.94. The van der Waals surface area contributed by atoms with E-state index >= 15 is 0 Å². The zero-order valence-electron chi connectivity index (χ0n) is 11.9. The number of hydrogen-bond acceptors (Lipinski definition) is 2. The van der Waals surface area contributed by atoms with Gasteiger partial charge in [-0.3, -0.25) is 0 Å². The first kappa shape index (κ1) is 12.9. The highest BCUT2D eigenvalue weighted by Gasteiger charge is 2.28. The van der Waals surface area contributed by atoms with Crippen molar-refractivity contribution in [2.75, 3.05) is 7.05 Å². The zero-order valence-corrected chi connectivity index (χ0v) is 12.7. The van der Waals surface area contributed by atoms with Gasteiger partial charge < -0.3 is 5.32 Å². The van der Waals surface area contributed by atoms with Crippen molar-refractivity contribution in [3.05, 3.63) is 56.8 Å². The van der Waals surface area contributed by atoms with Gasteiger partial charge in [0, 0.05) is 15.8 Å². The number of thiophene rings is 1. The summed E-state index contributed by atoms with van der Waals surface area (Å²) < 4.78 is 0. The number of hydrogen-bond donors (Lipinski definition) is 1. The molecule has 0 bridgehead atoms. The third-order valence-corrected chi connectivity index (χ3v) is 5.62. The van der Waals surface area contributed by atoms with Gasteiger partial charge in [-0.25, -0.2) is 0 Å². The van der Waals surface area contributed by atoms with Crippen LogP contribution >= 0.6 is 11.3 Å². The highest BCUT2D eigenvalue weighted by atomic mass is 32.1. The molecule has 2 atom stereocenters. The molecule has 100 valence electrons. The Labute approximate surface area is 119 Å². The van der Waals surface area contributed by atoms with E-state index in [1.54, 1.807) is 11.1 Å². The summed E-state index contributed by atoms with van der Waals surface area (Å²) in [4.78, 5) is 2.94. The number of rotatable bonds is 4. The lowest BCUT2D eigenvalue weighted by atomic mass is 9.74. The molecule has 2 heteroatoms. The molecular weight excluding hydrogens is 250 g/mol. The molecule has 1 nitrogen and oxygen atoms in total. The van der Waals surface area contributed by atoms with Gasteiger partial charge in [0.05, 0.1) is 0 Å². The van der Waals surface area contributed by atoms with Gasteiger partial charge in [-0.05, 0) is 62.4 Å². The smallest absolute Gasteiger partial charge is 0.0418 e. The summed E-state index contributed by atoms with van der Waals surface area (Å²) in [7, 11) is 2.08. The summed E-state index contributed by atoms with van der Waals surface area (Å²) in [5.41, 5.74) is 4.53. The first-order valence-electron chi connectivity index (χ1n) is 7.01. The van der Waals surface area contributed by atoms with Crippen LogP contribution in [0.25, 0.3) is 0 Å². The van der Waals surface area contributed by atoms with E-state index in [-0.39, 0.29) is 0 Å². The molecule has 3 rings (SSSR count). The molecule has 0 spiro atoms.